The molecule has 4 aliphatic rings. The van der Waals surface area contributed by atoms with Crippen LogP contribution in [0.5, 0.6) is 0 Å². The van der Waals surface area contributed by atoms with E-state index in [2.05, 4.69) is 13.8 Å². The van der Waals surface area contributed by atoms with Gasteiger partial charge in [-0.3, -0.25) is 9.69 Å². The standard InChI is InChI=1S/C27H34F3NO/c1-24-15-7-10-20(24)19-11-12-22-25(2,21(19)13-16-24)17-14-23(32)31(22)26(3,27(28,29)30)18-8-5-4-6-9-18/h4-6,8-9,12,19-21H,7,10-11,13-17H2,1-3H3/t19-,20-,21-,24-,25+,26?/m0/s1. The van der Waals surface area contributed by atoms with E-state index in [1.807, 2.05) is 6.08 Å². The number of hydrogen-bond acceptors (Lipinski definition) is 1. The topological polar surface area (TPSA) is 20.3 Å². The molecule has 174 valence electrons. The quantitative estimate of drug-likeness (QED) is 0.471. The smallest absolute Gasteiger partial charge is 0.297 e. The molecule has 0 radical (unpaired) electrons. The van der Waals surface area contributed by atoms with Crippen LogP contribution in [0.25, 0.3) is 0 Å². The largest absolute Gasteiger partial charge is 0.416 e. The molecule has 1 heterocycles. The molecule has 1 saturated heterocycles. The number of nitrogens with zero attached hydrogens (tertiary/aromatic N) is 1. The number of carbonyl (C=O) groups is 1. The fourth-order valence-corrected chi connectivity index (χ4v) is 8.02. The van der Waals surface area contributed by atoms with E-state index in [0.717, 1.165) is 24.2 Å². The molecule has 3 fully saturated rings. The number of carbonyl (C=O) groups excluding carboxylic acids is 1. The molecular formula is C27H34F3NO. The highest BCUT2D eigenvalue weighted by Gasteiger charge is 2.64. The number of hydrogen-bond donors (Lipinski definition) is 0. The average Bonchev–Trinajstić information content (AvgIpc) is 3.15. The van der Waals surface area contributed by atoms with Crippen molar-refractivity contribution >= 4 is 5.91 Å². The van der Waals surface area contributed by atoms with Crippen LogP contribution in [0.2, 0.25) is 0 Å². The lowest BCUT2D eigenvalue weighted by atomic mass is 9.49. The predicted molar refractivity (Wildman–Crippen MR) is 118 cm³/mol. The molecule has 6 atom stereocenters. The van der Waals surface area contributed by atoms with Crippen molar-refractivity contribution in [1.82, 2.24) is 4.90 Å². The number of piperidine rings is 1. The van der Waals surface area contributed by atoms with Crippen molar-refractivity contribution in [3.8, 4) is 0 Å². The van der Waals surface area contributed by atoms with Crippen molar-refractivity contribution in [3.63, 3.8) is 0 Å². The zero-order valence-electron chi connectivity index (χ0n) is 19.3. The molecule has 1 unspecified atom stereocenters. The molecule has 1 amide bonds. The monoisotopic (exact) mass is 445 g/mol. The van der Waals surface area contributed by atoms with Gasteiger partial charge in [0.25, 0.3) is 0 Å². The molecular weight excluding hydrogens is 411 g/mol. The molecule has 1 aromatic rings. The lowest BCUT2D eigenvalue weighted by Crippen LogP contribution is -2.62. The van der Waals surface area contributed by atoms with Gasteiger partial charge in [-0.2, -0.15) is 13.2 Å². The van der Waals surface area contributed by atoms with Crippen LogP contribution in [0.3, 0.4) is 0 Å². The molecule has 1 aliphatic heterocycles. The van der Waals surface area contributed by atoms with E-state index >= 15 is 0 Å². The minimum Gasteiger partial charge on any atom is -0.297 e. The van der Waals surface area contributed by atoms with Gasteiger partial charge in [-0.1, -0.05) is 56.7 Å². The van der Waals surface area contributed by atoms with E-state index in [1.165, 1.54) is 38.3 Å². The number of halogens is 3. The Morgan fingerprint density at radius 3 is 2.41 bits per heavy atom. The third-order valence-electron chi connectivity index (χ3n) is 9.89. The van der Waals surface area contributed by atoms with Gasteiger partial charge in [-0.05, 0) is 74.2 Å². The molecule has 2 saturated carbocycles. The first-order chi connectivity index (χ1) is 15.0. The highest BCUT2D eigenvalue weighted by molar-refractivity contribution is 5.81. The number of benzene rings is 1. The first-order valence-electron chi connectivity index (χ1n) is 12.2. The van der Waals surface area contributed by atoms with Crippen molar-refractivity contribution in [2.45, 2.75) is 83.9 Å². The maximum atomic E-state index is 14.8. The molecule has 2 nitrogen and oxygen atoms in total. The SMILES string of the molecule is CC(c1ccccc1)(N1C(=O)CC[C@@]2(C)C1=CC[C@H]1[C@@H]3CCC[C@@]3(C)CC[C@@H]12)C(F)(F)F. The van der Waals surface area contributed by atoms with Crippen molar-refractivity contribution in [2.75, 3.05) is 0 Å². The van der Waals surface area contributed by atoms with Crippen molar-refractivity contribution in [3.05, 3.63) is 47.7 Å². The Bertz CT molecular complexity index is 940. The first-order valence-corrected chi connectivity index (χ1v) is 12.2. The second-order valence-electron chi connectivity index (χ2n) is 11.4. The number of rotatable bonds is 2. The van der Waals surface area contributed by atoms with Crippen LogP contribution >= 0.6 is 0 Å². The van der Waals surface area contributed by atoms with E-state index in [4.69, 9.17) is 0 Å². The van der Waals surface area contributed by atoms with Gasteiger partial charge in [-0.15, -0.1) is 0 Å². The molecule has 0 aromatic heterocycles. The third kappa shape index (κ3) is 2.88. The average molecular weight is 446 g/mol. The number of allylic oxidation sites excluding steroid dienone is 2. The fourth-order valence-electron chi connectivity index (χ4n) is 8.02. The summed E-state index contributed by atoms with van der Waals surface area (Å²) < 4.78 is 44.3. The summed E-state index contributed by atoms with van der Waals surface area (Å²) in [6.07, 6.45) is 5.06. The molecule has 5 heteroatoms. The Labute approximate surface area is 189 Å². The Morgan fingerprint density at radius 1 is 1.00 bits per heavy atom. The normalized spacial score (nSPS) is 38.9. The minimum atomic E-state index is -4.59. The second-order valence-corrected chi connectivity index (χ2v) is 11.4. The van der Waals surface area contributed by atoms with Gasteiger partial charge < -0.3 is 0 Å². The molecule has 32 heavy (non-hydrogen) atoms. The van der Waals surface area contributed by atoms with Gasteiger partial charge in [0.15, 0.2) is 5.54 Å². The summed E-state index contributed by atoms with van der Waals surface area (Å²) in [7, 11) is 0. The summed E-state index contributed by atoms with van der Waals surface area (Å²) in [5, 5.41) is 0. The maximum absolute atomic E-state index is 14.8. The van der Waals surface area contributed by atoms with E-state index in [1.54, 1.807) is 18.2 Å². The molecule has 0 bridgehead atoms. The molecule has 0 spiro atoms. The van der Waals surface area contributed by atoms with Crippen LogP contribution in [0, 0.1) is 28.6 Å². The Balaban J connectivity index is 1.62. The van der Waals surface area contributed by atoms with Crippen LogP contribution in [0.15, 0.2) is 42.1 Å². The van der Waals surface area contributed by atoms with Gasteiger partial charge in [0.1, 0.15) is 0 Å². The van der Waals surface area contributed by atoms with Crippen LogP contribution in [-0.4, -0.2) is 17.0 Å². The number of alkyl halides is 3. The van der Waals surface area contributed by atoms with E-state index < -0.39 is 17.6 Å². The predicted octanol–water partition coefficient (Wildman–Crippen LogP) is 7.21. The van der Waals surface area contributed by atoms with Gasteiger partial charge >= 0.3 is 6.18 Å². The third-order valence-corrected chi connectivity index (χ3v) is 9.89. The Morgan fingerprint density at radius 2 is 1.72 bits per heavy atom. The summed E-state index contributed by atoms with van der Waals surface area (Å²) in [5.74, 6) is 1.12. The summed E-state index contributed by atoms with van der Waals surface area (Å²) >= 11 is 0. The minimum absolute atomic E-state index is 0.125. The number of fused-ring (bicyclic) bond motifs is 5. The van der Waals surface area contributed by atoms with Gasteiger partial charge in [0.05, 0.1) is 0 Å². The lowest BCUT2D eigenvalue weighted by molar-refractivity contribution is -0.233. The fraction of sp³-hybridized carbons (Fsp3) is 0.667. The first kappa shape index (κ1) is 22.0. The highest BCUT2D eigenvalue weighted by atomic mass is 19.4. The summed E-state index contributed by atoms with van der Waals surface area (Å²) in [6, 6.07) is 7.97. The molecule has 1 aromatic carbocycles. The van der Waals surface area contributed by atoms with Gasteiger partial charge in [0.2, 0.25) is 5.91 Å². The van der Waals surface area contributed by atoms with Crippen LogP contribution < -0.4 is 0 Å². The zero-order chi connectivity index (χ0) is 22.9. The van der Waals surface area contributed by atoms with E-state index in [9.17, 15) is 18.0 Å². The number of amides is 1. The van der Waals surface area contributed by atoms with E-state index in [0.29, 0.717) is 35.3 Å². The maximum Gasteiger partial charge on any atom is 0.416 e. The molecule has 5 rings (SSSR count). The summed E-state index contributed by atoms with van der Waals surface area (Å²) in [6.45, 7) is 5.76. The Hall–Kier alpha value is -1.78. The van der Waals surface area contributed by atoms with Gasteiger partial charge in [0, 0.05) is 17.5 Å². The lowest BCUT2D eigenvalue weighted by Gasteiger charge is -2.60. The van der Waals surface area contributed by atoms with Crippen molar-refractivity contribution in [1.29, 1.82) is 0 Å². The Kier molecular flexibility index (Phi) is 4.89. The summed E-state index contributed by atoms with van der Waals surface area (Å²) in [5.41, 5.74) is -1.62. The van der Waals surface area contributed by atoms with Crippen LogP contribution in [-0.2, 0) is 10.3 Å². The highest BCUT2D eigenvalue weighted by Crippen LogP contribution is 2.65. The second kappa shape index (κ2) is 7.11. The van der Waals surface area contributed by atoms with Crippen molar-refractivity contribution < 1.29 is 18.0 Å². The zero-order valence-corrected chi connectivity index (χ0v) is 19.3. The van der Waals surface area contributed by atoms with Crippen LogP contribution in [0.1, 0.15) is 77.7 Å². The van der Waals surface area contributed by atoms with E-state index in [-0.39, 0.29) is 17.4 Å². The van der Waals surface area contributed by atoms with Gasteiger partial charge in [-0.25, -0.2) is 0 Å². The summed E-state index contributed by atoms with van der Waals surface area (Å²) in [4.78, 5) is 14.4. The molecule has 3 aliphatic carbocycles. The van der Waals surface area contributed by atoms with Crippen molar-refractivity contribution in [2.24, 2.45) is 28.6 Å². The molecule has 0 N–H and O–H groups in total. The number of likely N-dealkylation sites (tertiary alicyclic amines) is 1. The van der Waals surface area contributed by atoms with Crippen LogP contribution in [0.4, 0.5) is 13.2 Å².